The minimum atomic E-state index is -0.966. The van der Waals surface area contributed by atoms with Crippen molar-refractivity contribution in [2.24, 2.45) is 10.8 Å². The van der Waals surface area contributed by atoms with Crippen LogP contribution in [0.25, 0.3) is 0 Å². The van der Waals surface area contributed by atoms with Gasteiger partial charge in [-0.05, 0) is 41.5 Å². The number of ether oxygens (including phenoxy) is 2. The quantitative estimate of drug-likeness (QED) is 0.724. The zero-order chi connectivity index (χ0) is 14.4. The Kier molecular flexibility index (Phi) is 2.36. The minimum Gasteiger partial charge on any atom is -0.386 e. The van der Waals surface area contributed by atoms with E-state index in [0.717, 1.165) is 0 Å². The van der Waals surface area contributed by atoms with Crippen molar-refractivity contribution in [3.05, 3.63) is 0 Å². The standard InChI is InChI=1S/C15H28O3/c1-10(2)11(3,4)17-15(9)13(10,7)14(8,16)12(5,6)18-15/h16H,1-9H3/t13-,14-,15+/m0/s1. The van der Waals surface area contributed by atoms with Gasteiger partial charge in [0, 0.05) is 5.41 Å². The van der Waals surface area contributed by atoms with Gasteiger partial charge in [-0.15, -0.1) is 0 Å². The van der Waals surface area contributed by atoms with Crippen LogP contribution in [0.15, 0.2) is 0 Å². The van der Waals surface area contributed by atoms with Crippen LogP contribution in [0, 0.1) is 10.8 Å². The first-order valence-corrected chi connectivity index (χ1v) is 6.79. The molecule has 0 radical (unpaired) electrons. The van der Waals surface area contributed by atoms with Crippen LogP contribution in [0.2, 0.25) is 0 Å². The van der Waals surface area contributed by atoms with Crippen LogP contribution < -0.4 is 0 Å². The maximum atomic E-state index is 11.2. The Morgan fingerprint density at radius 2 is 1.06 bits per heavy atom. The van der Waals surface area contributed by atoms with Crippen LogP contribution in [-0.4, -0.2) is 27.7 Å². The van der Waals surface area contributed by atoms with E-state index in [9.17, 15) is 5.11 Å². The summed E-state index contributed by atoms with van der Waals surface area (Å²) >= 11 is 0. The molecule has 0 bridgehead atoms. The van der Waals surface area contributed by atoms with E-state index >= 15 is 0 Å². The smallest absolute Gasteiger partial charge is 0.175 e. The Bertz CT molecular complexity index is 361. The predicted molar refractivity (Wildman–Crippen MR) is 71.2 cm³/mol. The summed E-state index contributed by atoms with van der Waals surface area (Å²) in [6.07, 6.45) is 0. The number of aliphatic hydroxyl groups is 1. The molecule has 2 aliphatic rings. The van der Waals surface area contributed by atoms with Crippen LogP contribution in [0.1, 0.15) is 62.3 Å². The normalized spacial score (nSPS) is 52.3. The monoisotopic (exact) mass is 256 g/mol. The van der Waals surface area contributed by atoms with Gasteiger partial charge in [0.25, 0.3) is 0 Å². The Balaban J connectivity index is 2.72. The molecule has 0 aliphatic carbocycles. The van der Waals surface area contributed by atoms with Crippen LogP contribution in [0.4, 0.5) is 0 Å². The van der Waals surface area contributed by atoms with Crippen LogP contribution >= 0.6 is 0 Å². The summed E-state index contributed by atoms with van der Waals surface area (Å²) in [4.78, 5) is 0. The molecule has 0 aromatic heterocycles. The van der Waals surface area contributed by atoms with Gasteiger partial charge in [-0.2, -0.15) is 0 Å². The molecule has 0 spiro atoms. The molecule has 2 aliphatic heterocycles. The number of fused-ring (bicyclic) bond motifs is 1. The molecule has 2 rings (SSSR count). The Morgan fingerprint density at radius 1 is 0.667 bits per heavy atom. The van der Waals surface area contributed by atoms with E-state index in [4.69, 9.17) is 9.47 Å². The lowest BCUT2D eigenvalue weighted by Gasteiger charge is -2.51. The molecule has 3 atom stereocenters. The fraction of sp³-hybridized carbons (Fsp3) is 1.00. The van der Waals surface area contributed by atoms with Crippen molar-refractivity contribution in [3.8, 4) is 0 Å². The van der Waals surface area contributed by atoms with Crippen LogP contribution in [0.5, 0.6) is 0 Å². The number of hydrogen-bond donors (Lipinski definition) is 1. The van der Waals surface area contributed by atoms with E-state index in [0.29, 0.717) is 0 Å². The van der Waals surface area contributed by atoms with E-state index in [2.05, 4.69) is 34.6 Å². The fourth-order valence-corrected chi connectivity index (χ4v) is 4.25. The number of hydrogen-bond acceptors (Lipinski definition) is 3. The first kappa shape index (κ1) is 14.3. The van der Waals surface area contributed by atoms with E-state index in [1.54, 1.807) is 0 Å². The average Bonchev–Trinajstić information content (AvgIpc) is 2.27. The summed E-state index contributed by atoms with van der Waals surface area (Å²) in [5, 5.41) is 11.2. The molecular weight excluding hydrogens is 228 g/mol. The molecule has 1 N–H and O–H groups in total. The summed E-state index contributed by atoms with van der Waals surface area (Å²) in [6, 6.07) is 0. The molecule has 3 nitrogen and oxygen atoms in total. The molecule has 2 heterocycles. The third kappa shape index (κ3) is 1.09. The molecule has 3 heteroatoms. The van der Waals surface area contributed by atoms with Gasteiger partial charge in [0.1, 0.15) is 5.60 Å². The maximum absolute atomic E-state index is 11.2. The lowest BCUT2D eigenvalue weighted by Crippen LogP contribution is -2.61. The van der Waals surface area contributed by atoms with Gasteiger partial charge in [0.05, 0.1) is 16.6 Å². The molecule has 18 heavy (non-hydrogen) atoms. The lowest BCUT2D eigenvalue weighted by molar-refractivity contribution is -0.265. The molecule has 0 aromatic carbocycles. The van der Waals surface area contributed by atoms with Crippen LogP contribution in [0.3, 0.4) is 0 Å². The van der Waals surface area contributed by atoms with Crippen molar-refractivity contribution in [1.29, 1.82) is 0 Å². The largest absolute Gasteiger partial charge is 0.386 e. The van der Waals surface area contributed by atoms with Gasteiger partial charge in [-0.1, -0.05) is 20.8 Å². The predicted octanol–water partition coefficient (Wildman–Crippen LogP) is 3.10. The molecule has 106 valence electrons. The summed E-state index contributed by atoms with van der Waals surface area (Å²) in [5.74, 6) is -0.771. The molecule has 2 saturated heterocycles. The van der Waals surface area contributed by atoms with Crippen molar-refractivity contribution >= 4 is 0 Å². The lowest BCUT2D eigenvalue weighted by atomic mass is 9.51. The van der Waals surface area contributed by atoms with Crippen molar-refractivity contribution in [3.63, 3.8) is 0 Å². The molecule has 0 amide bonds. The molecule has 0 saturated carbocycles. The van der Waals surface area contributed by atoms with Crippen molar-refractivity contribution in [1.82, 2.24) is 0 Å². The molecule has 2 fully saturated rings. The maximum Gasteiger partial charge on any atom is 0.175 e. The third-order valence-electron chi connectivity index (χ3n) is 6.71. The molecule has 0 aromatic rings. The summed E-state index contributed by atoms with van der Waals surface area (Å²) in [5.41, 5.74) is -2.65. The summed E-state index contributed by atoms with van der Waals surface area (Å²) < 4.78 is 12.4. The zero-order valence-corrected chi connectivity index (χ0v) is 13.3. The van der Waals surface area contributed by atoms with Gasteiger partial charge in [0.15, 0.2) is 5.79 Å². The molecular formula is C15H28O3. The first-order chi connectivity index (χ1) is 7.66. The van der Waals surface area contributed by atoms with Gasteiger partial charge in [-0.3, -0.25) is 0 Å². The van der Waals surface area contributed by atoms with Crippen molar-refractivity contribution in [2.45, 2.75) is 84.9 Å². The van der Waals surface area contributed by atoms with Crippen molar-refractivity contribution < 1.29 is 14.6 Å². The number of rotatable bonds is 0. The highest BCUT2D eigenvalue weighted by Gasteiger charge is 2.82. The third-order valence-corrected chi connectivity index (χ3v) is 6.71. The van der Waals surface area contributed by atoms with Crippen molar-refractivity contribution in [2.75, 3.05) is 0 Å². The van der Waals surface area contributed by atoms with Gasteiger partial charge in [-0.25, -0.2) is 0 Å². The Hall–Kier alpha value is -0.120. The SMILES string of the molecule is CC1(C)O[C@]2(C)OC(C)(C)[C@](C)(O)[C@]2(C)C1(C)C. The summed E-state index contributed by atoms with van der Waals surface area (Å²) in [7, 11) is 0. The second-order valence-electron chi connectivity index (χ2n) is 7.99. The van der Waals surface area contributed by atoms with Gasteiger partial charge >= 0.3 is 0 Å². The average molecular weight is 256 g/mol. The highest BCUT2D eigenvalue weighted by atomic mass is 16.7. The fourth-order valence-electron chi connectivity index (χ4n) is 4.25. The van der Waals surface area contributed by atoms with E-state index in [1.807, 2.05) is 27.7 Å². The molecule has 0 unspecified atom stereocenters. The topological polar surface area (TPSA) is 38.7 Å². The summed E-state index contributed by atoms with van der Waals surface area (Å²) in [6.45, 7) is 18.3. The second kappa shape index (κ2) is 2.97. The van der Waals surface area contributed by atoms with E-state index in [-0.39, 0.29) is 11.0 Å². The Morgan fingerprint density at radius 3 is 1.44 bits per heavy atom. The Labute approximate surface area is 111 Å². The highest BCUT2D eigenvalue weighted by molar-refractivity contribution is 5.26. The highest BCUT2D eigenvalue weighted by Crippen LogP contribution is 2.73. The van der Waals surface area contributed by atoms with E-state index in [1.165, 1.54) is 0 Å². The minimum absolute atomic E-state index is 0.216. The first-order valence-electron chi connectivity index (χ1n) is 6.79. The zero-order valence-electron chi connectivity index (χ0n) is 13.3. The van der Waals surface area contributed by atoms with E-state index < -0.39 is 22.4 Å². The van der Waals surface area contributed by atoms with Crippen LogP contribution in [-0.2, 0) is 9.47 Å². The van der Waals surface area contributed by atoms with Gasteiger partial charge in [0.2, 0.25) is 0 Å². The van der Waals surface area contributed by atoms with Gasteiger partial charge < -0.3 is 14.6 Å². The second-order valence-corrected chi connectivity index (χ2v) is 7.99.